The van der Waals surface area contributed by atoms with Crippen molar-refractivity contribution in [2.24, 2.45) is 0 Å². The minimum atomic E-state index is 1.10. The van der Waals surface area contributed by atoms with E-state index in [9.17, 15) is 0 Å². The van der Waals surface area contributed by atoms with Crippen LogP contribution < -0.4 is 4.90 Å². The summed E-state index contributed by atoms with van der Waals surface area (Å²) in [5, 5.41) is 12.7. The second-order valence-corrected chi connectivity index (χ2v) is 14.9. The lowest BCUT2D eigenvalue weighted by Crippen LogP contribution is -2.11. The molecule has 0 radical (unpaired) electrons. The average molecular weight is 724 g/mol. The minimum Gasteiger partial charge on any atom is -0.310 e. The summed E-state index contributed by atoms with van der Waals surface area (Å²) in [4.78, 5) is 2.43. The van der Waals surface area contributed by atoms with Crippen LogP contribution in [0.15, 0.2) is 224 Å². The quantitative estimate of drug-likeness (QED) is 0.154. The highest BCUT2D eigenvalue weighted by Crippen LogP contribution is 2.45. The highest BCUT2D eigenvalue weighted by atomic mass is 15.1. The number of hydrogen-bond donors (Lipinski definition) is 0. The largest absolute Gasteiger partial charge is 0.310 e. The molecule has 0 aliphatic heterocycles. The summed E-state index contributed by atoms with van der Waals surface area (Å²) in [6.45, 7) is 0. The number of hydrogen-bond acceptors (Lipinski definition) is 1. The van der Waals surface area contributed by atoms with Gasteiger partial charge < -0.3 is 4.90 Å². The molecule has 0 aliphatic rings. The van der Waals surface area contributed by atoms with E-state index in [1.807, 2.05) is 0 Å². The Hall–Kier alpha value is -7.48. The van der Waals surface area contributed by atoms with Crippen LogP contribution in [0, 0.1) is 0 Å². The van der Waals surface area contributed by atoms with E-state index in [0.29, 0.717) is 0 Å². The summed E-state index contributed by atoms with van der Waals surface area (Å²) in [7, 11) is 0. The Balaban J connectivity index is 1.11. The molecule has 0 spiro atoms. The molecule has 0 unspecified atom stereocenters. The zero-order chi connectivity index (χ0) is 37.7. The first-order valence-corrected chi connectivity index (χ1v) is 19.7. The number of rotatable bonds is 6. The van der Waals surface area contributed by atoms with E-state index in [4.69, 9.17) is 0 Å². The van der Waals surface area contributed by atoms with Gasteiger partial charge in [-0.05, 0) is 118 Å². The Kier molecular flexibility index (Phi) is 7.89. The van der Waals surface area contributed by atoms with Crippen molar-refractivity contribution in [3.8, 4) is 33.4 Å². The molecule has 1 nitrogen and oxygen atoms in total. The first kappa shape index (κ1) is 32.9. The molecule has 0 N–H and O–H groups in total. The fraction of sp³-hybridized carbons (Fsp3) is 0. The van der Waals surface area contributed by atoms with Crippen LogP contribution in [-0.2, 0) is 0 Å². The first-order chi connectivity index (χ1) is 28.3. The van der Waals surface area contributed by atoms with Gasteiger partial charge in [-0.1, -0.05) is 188 Å². The molecule has 0 aromatic heterocycles. The van der Waals surface area contributed by atoms with E-state index in [1.165, 1.54) is 87.2 Å². The summed E-state index contributed by atoms with van der Waals surface area (Å²) >= 11 is 0. The number of anilines is 3. The van der Waals surface area contributed by atoms with E-state index in [1.54, 1.807) is 0 Å². The van der Waals surface area contributed by atoms with Crippen LogP contribution in [0.2, 0.25) is 0 Å². The first-order valence-electron chi connectivity index (χ1n) is 19.7. The fourth-order valence-corrected chi connectivity index (χ4v) is 8.90. The van der Waals surface area contributed by atoms with Crippen molar-refractivity contribution >= 4 is 70.9 Å². The Bertz CT molecular complexity index is 3290. The minimum absolute atomic E-state index is 1.10. The van der Waals surface area contributed by atoms with Crippen LogP contribution in [0.25, 0.3) is 87.2 Å². The predicted octanol–water partition coefficient (Wildman–Crippen LogP) is 15.9. The van der Waals surface area contributed by atoms with Crippen molar-refractivity contribution in [3.63, 3.8) is 0 Å². The van der Waals surface area contributed by atoms with Gasteiger partial charge in [-0.25, -0.2) is 0 Å². The Morgan fingerprint density at radius 1 is 0.246 bits per heavy atom. The van der Waals surface area contributed by atoms with Gasteiger partial charge in [0.1, 0.15) is 0 Å². The molecule has 1 heteroatoms. The second-order valence-electron chi connectivity index (χ2n) is 14.9. The smallest absolute Gasteiger partial charge is 0.0540 e. The van der Waals surface area contributed by atoms with E-state index in [0.717, 1.165) is 17.1 Å². The SMILES string of the molecule is c1ccc(-c2cccc(N(c3cccc(-c4cccc5ccccc45)c3)c3ccccc3-c3ccc4c(ccc5ccc6ccc7ccccc7c6c54)c3)c2)cc1. The van der Waals surface area contributed by atoms with Gasteiger partial charge in [-0.15, -0.1) is 0 Å². The molecular formula is C56H37N. The fourth-order valence-electron chi connectivity index (χ4n) is 8.90. The Labute approximate surface area is 332 Å². The third kappa shape index (κ3) is 5.72. The van der Waals surface area contributed by atoms with Gasteiger partial charge in [0, 0.05) is 16.9 Å². The molecule has 57 heavy (non-hydrogen) atoms. The molecular weight excluding hydrogens is 687 g/mol. The highest BCUT2D eigenvalue weighted by Gasteiger charge is 2.19. The lowest BCUT2D eigenvalue weighted by Gasteiger charge is -2.29. The Morgan fingerprint density at radius 3 is 1.51 bits per heavy atom. The van der Waals surface area contributed by atoms with Gasteiger partial charge in [0.25, 0.3) is 0 Å². The summed E-state index contributed by atoms with van der Waals surface area (Å²) in [6.07, 6.45) is 0. The zero-order valence-corrected chi connectivity index (χ0v) is 31.3. The maximum Gasteiger partial charge on any atom is 0.0540 e. The lowest BCUT2D eigenvalue weighted by atomic mass is 9.91. The van der Waals surface area contributed by atoms with Crippen LogP contribution in [0.5, 0.6) is 0 Å². The van der Waals surface area contributed by atoms with Gasteiger partial charge in [-0.2, -0.15) is 0 Å². The number of benzene rings is 11. The van der Waals surface area contributed by atoms with Crippen LogP contribution in [0.1, 0.15) is 0 Å². The van der Waals surface area contributed by atoms with E-state index in [-0.39, 0.29) is 0 Å². The van der Waals surface area contributed by atoms with Crippen LogP contribution in [0.3, 0.4) is 0 Å². The molecule has 0 heterocycles. The average Bonchev–Trinajstić information content (AvgIpc) is 3.29. The second kappa shape index (κ2) is 13.7. The molecule has 0 saturated heterocycles. The Morgan fingerprint density at radius 2 is 0.737 bits per heavy atom. The van der Waals surface area contributed by atoms with Gasteiger partial charge in [0.15, 0.2) is 0 Å². The molecule has 0 amide bonds. The van der Waals surface area contributed by atoms with Gasteiger partial charge in [0.2, 0.25) is 0 Å². The van der Waals surface area contributed by atoms with Crippen molar-refractivity contribution in [3.05, 3.63) is 224 Å². The normalized spacial score (nSPS) is 11.5. The monoisotopic (exact) mass is 723 g/mol. The predicted molar refractivity (Wildman–Crippen MR) is 245 cm³/mol. The zero-order valence-electron chi connectivity index (χ0n) is 31.3. The molecule has 0 bridgehead atoms. The molecule has 11 aromatic carbocycles. The lowest BCUT2D eigenvalue weighted by molar-refractivity contribution is 1.28. The molecule has 0 fully saturated rings. The number of para-hydroxylation sites is 1. The van der Waals surface area contributed by atoms with Crippen LogP contribution in [0.4, 0.5) is 17.1 Å². The third-order valence-electron chi connectivity index (χ3n) is 11.6. The maximum atomic E-state index is 2.43. The highest BCUT2D eigenvalue weighted by molar-refractivity contribution is 6.27. The molecule has 0 aliphatic carbocycles. The van der Waals surface area contributed by atoms with Crippen molar-refractivity contribution in [2.45, 2.75) is 0 Å². The number of nitrogens with zero attached hydrogens (tertiary/aromatic N) is 1. The van der Waals surface area contributed by atoms with Gasteiger partial charge >= 0.3 is 0 Å². The number of fused-ring (bicyclic) bond motifs is 8. The molecule has 266 valence electrons. The van der Waals surface area contributed by atoms with E-state index >= 15 is 0 Å². The van der Waals surface area contributed by atoms with Crippen LogP contribution >= 0.6 is 0 Å². The molecule has 11 rings (SSSR count). The van der Waals surface area contributed by atoms with Crippen molar-refractivity contribution < 1.29 is 0 Å². The maximum absolute atomic E-state index is 2.43. The third-order valence-corrected chi connectivity index (χ3v) is 11.6. The topological polar surface area (TPSA) is 3.24 Å². The van der Waals surface area contributed by atoms with Gasteiger partial charge in [0.05, 0.1) is 5.69 Å². The van der Waals surface area contributed by atoms with E-state index < -0.39 is 0 Å². The summed E-state index contributed by atoms with van der Waals surface area (Å²) in [5.41, 5.74) is 10.4. The van der Waals surface area contributed by atoms with E-state index in [2.05, 4.69) is 229 Å². The van der Waals surface area contributed by atoms with Crippen LogP contribution in [-0.4, -0.2) is 0 Å². The summed E-state index contributed by atoms with van der Waals surface area (Å²) < 4.78 is 0. The molecule has 11 aromatic rings. The summed E-state index contributed by atoms with van der Waals surface area (Å²) in [5.74, 6) is 0. The van der Waals surface area contributed by atoms with Crippen molar-refractivity contribution in [2.75, 3.05) is 4.90 Å². The molecule has 0 atom stereocenters. The van der Waals surface area contributed by atoms with Crippen molar-refractivity contribution in [1.29, 1.82) is 0 Å². The summed E-state index contributed by atoms with van der Waals surface area (Å²) in [6, 6.07) is 82.1. The van der Waals surface area contributed by atoms with Crippen molar-refractivity contribution in [1.82, 2.24) is 0 Å². The van der Waals surface area contributed by atoms with Gasteiger partial charge in [-0.3, -0.25) is 0 Å². The standard InChI is InChI=1S/C56H37N/c1-2-13-38(14-3-1)43-18-10-20-47(36-43)57(48-21-11-19-44(37-48)50-25-12-17-39-15-4-6-22-49(39)50)54-26-9-8-23-51(54)45-33-34-53-46(35-45)32-31-42-30-29-41-28-27-40-16-5-7-24-52(40)55(41)56(42)53/h1-37H. The molecule has 0 saturated carbocycles.